The molecule has 0 aliphatic rings. The Balaban J connectivity index is 1.32. The number of ether oxygens (including phenoxy) is 1. The summed E-state index contributed by atoms with van der Waals surface area (Å²) in [4.78, 5) is 38.3. The number of rotatable bonds is 8. The van der Waals surface area contributed by atoms with Gasteiger partial charge in [-0.25, -0.2) is 15.2 Å². The molecular weight excluding hydrogens is 420 g/mol. The molecule has 1 aromatic heterocycles. The largest absolute Gasteiger partial charge is 0.448 e. The smallest absolute Gasteiger partial charge is 0.426 e. The number of nitro groups is 1. The number of nitro benzene ring substituents is 1. The average Bonchev–Trinajstić information content (AvgIpc) is 3.28. The van der Waals surface area contributed by atoms with Crippen molar-refractivity contribution in [1.82, 2.24) is 15.8 Å². The first kappa shape index (κ1) is 21.9. The van der Waals surface area contributed by atoms with Gasteiger partial charge in [0.1, 0.15) is 10.7 Å². The lowest BCUT2D eigenvalue weighted by atomic mass is 10.1. The monoisotopic (exact) mass is 440 g/mol. The quantitative estimate of drug-likeness (QED) is 0.309. The van der Waals surface area contributed by atoms with E-state index in [4.69, 9.17) is 4.74 Å². The number of hydrogen-bond acceptors (Lipinski definition) is 7. The second-order valence-electron chi connectivity index (χ2n) is 6.50. The van der Waals surface area contributed by atoms with Gasteiger partial charge in [-0.1, -0.05) is 42.5 Å². The van der Waals surface area contributed by atoms with Gasteiger partial charge in [-0.3, -0.25) is 20.3 Å². The molecule has 2 amide bonds. The summed E-state index contributed by atoms with van der Waals surface area (Å²) < 4.78 is 5.02. The predicted octanol–water partition coefficient (Wildman–Crippen LogP) is 4.11. The highest BCUT2D eigenvalue weighted by molar-refractivity contribution is 7.13. The molecule has 3 rings (SSSR count). The average molecular weight is 440 g/mol. The first-order chi connectivity index (χ1) is 15.0. The van der Waals surface area contributed by atoms with Crippen LogP contribution in [0.1, 0.15) is 28.9 Å². The summed E-state index contributed by atoms with van der Waals surface area (Å²) >= 11 is 1.34. The second-order valence-corrected chi connectivity index (χ2v) is 7.36. The van der Waals surface area contributed by atoms with Gasteiger partial charge in [0.05, 0.1) is 11.5 Å². The summed E-state index contributed by atoms with van der Waals surface area (Å²) in [6, 6.07) is 15.8. The third kappa shape index (κ3) is 6.61. The molecule has 0 unspecified atom stereocenters. The van der Waals surface area contributed by atoms with Gasteiger partial charge in [0.15, 0.2) is 0 Å². The van der Waals surface area contributed by atoms with Crippen LogP contribution in [0.15, 0.2) is 60.0 Å². The number of amides is 2. The number of thiazole rings is 1. The van der Waals surface area contributed by atoms with Gasteiger partial charge in [0.25, 0.3) is 11.6 Å². The first-order valence-corrected chi connectivity index (χ1v) is 10.4. The zero-order valence-corrected chi connectivity index (χ0v) is 17.3. The van der Waals surface area contributed by atoms with Gasteiger partial charge >= 0.3 is 6.09 Å². The van der Waals surface area contributed by atoms with Crippen LogP contribution in [0.4, 0.5) is 10.5 Å². The van der Waals surface area contributed by atoms with Crippen LogP contribution >= 0.6 is 11.3 Å². The molecule has 0 saturated carbocycles. The van der Waals surface area contributed by atoms with Crippen LogP contribution in [0.3, 0.4) is 0 Å². The minimum absolute atomic E-state index is 0.0553. The molecule has 9 nitrogen and oxygen atoms in total. The molecule has 3 aromatic rings. The van der Waals surface area contributed by atoms with Crippen molar-refractivity contribution in [3.63, 3.8) is 0 Å². The second kappa shape index (κ2) is 10.8. The molecule has 1 heterocycles. The number of nitrogens with zero attached hydrogens (tertiary/aromatic N) is 2. The number of carbonyl (C=O) groups excluding carboxylic acids is 2. The van der Waals surface area contributed by atoms with E-state index in [1.807, 2.05) is 30.3 Å². The van der Waals surface area contributed by atoms with Crippen LogP contribution in [0, 0.1) is 10.1 Å². The van der Waals surface area contributed by atoms with Gasteiger partial charge in [0.2, 0.25) is 0 Å². The minimum Gasteiger partial charge on any atom is -0.448 e. The molecule has 0 atom stereocenters. The van der Waals surface area contributed by atoms with Gasteiger partial charge in [-0.05, 0) is 24.8 Å². The molecule has 0 saturated heterocycles. The number of aryl methyl sites for hydroxylation is 1. The topological polar surface area (TPSA) is 123 Å². The molecule has 0 bridgehead atoms. The van der Waals surface area contributed by atoms with Crippen molar-refractivity contribution in [3.8, 4) is 10.6 Å². The van der Waals surface area contributed by atoms with E-state index < -0.39 is 16.9 Å². The lowest BCUT2D eigenvalue weighted by Crippen LogP contribution is -2.42. The Morgan fingerprint density at radius 1 is 1.03 bits per heavy atom. The molecule has 10 heteroatoms. The van der Waals surface area contributed by atoms with Crippen LogP contribution < -0.4 is 10.9 Å². The van der Waals surface area contributed by atoms with Gasteiger partial charge in [0, 0.05) is 23.1 Å². The normalized spacial score (nSPS) is 10.3. The van der Waals surface area contributed by atoms with Crippen LogP contribution in [0.25, 0.3) is 10.6 Å². The van der Waals surface area contributed by atoms with Crippen molar-refractivity contribution in [2.24, 2.45) is 0 Å². The van der Waals surface area contributed by atoms with E-state index in [0.717, 1.165) is 17.5 Å². The van der Waals surface area contributed by atoms with Crippen LogP contribution in [-0.2, 0) is 11.2 Å². The number of hydrazine groups is 1. The molecule has 31 heavy (non-hydrogen) atoms. The highest BCUT2D eigenvalue weighted by atomic mass is 32.1. The molecule has 2 N–H and O–H groups in total. The Morgan fingerprint density at radius 3 is 2.48 bits per heavy atom. The van der Waals surface area contributed by atoms with Crippen LogP contribution in [-0.4, -0.2) is 28.5 Å². The van der Waals surface area contributed by atoms with E-state index in [-0.39, 0.29) is 18.0 Å². The Morgan fingerprint density at radius 2 is 1.77 bits per heavy atom. The maximum Gasteiger partial charge on any atom is 0.426 e. The number of nitrogens with one attached hydrogen (secondary N) is 2. The lowest BCUT2D eigenvalue weighted by Gasteiger charge is -2.07. The third-order valence-electron chi connectivity index (χ3n) is 4.28. The molecule has 160 valence electrons. The zero-order valence-electron chi connectivity index (χ0n) is 16.4. The van der Waals surface area contributed by atoms with Gasteiger partial charge in [-0.2, -0.15) is 0 Å². The maximum atomic E-state index is 12.1. The van der Waals surface area contributed by atoms with E-state index in [1.165, 1.54) is 23.5 Å². The summed E-state index contributed by atoms with van der Waals surface area (Å²) in [5.41, 5.74) is 6.60. The predicted molar refractivity (Wildman–Crippen MR) is 116 cm³/mol. The molecule has 0 aliphatic carbocycles. The molecule has 0 radical (unpaired) electrons. The van der Waals surface area contributed by atoms with Crippen molar-refractivity contribution in [3.05, 3.63) is 81.3 Å². The number of non-ortho nitro benzene ring substituents is 1. The zero-order chi connectivity index (χ0) is 22.1. The fourth-order valence-electron chi connectivity index (χ4n) is 2.68. The van der Waals surface area contributed by atoms with Crippen LogP contribution in [0.2, 0.25) is 0 Å². The molecule has 2 aromatic carbocycles. The molecule has 0 spiro atoms. The molecular formula is C21H20N4O5S. The Hall–Kier alpha value is -3.79. The maximum absolute atomic E-state index is 12.1. The number of benzene rings is 2. The Bertz CT molecular complexity index is 1040. The van der Waals surface area contributed by atoms with Crippen molar-refractivity contribution in [2.75, 3.05) is 6.61 Å². The highest BCUT2D eigenvalue weighted by Gasteiger charge is 2.13. The van der Waals surface area contributed by atoms with E-state index in [1.54, 1.807) is 17.5 Å². The van der Waals surface area contributed by atoms with E-state index in [2.05, 4.69) is 15.8 Å². The summed E-state index contributed by atoms with van der Waals surface area (Å²) in [5, 5.41) is 13.0. The standard InChI is InChI=1S/C21H20N4O5S/c26-19(18-14-31-20(22-18)16-7-2-1-3-8-16)23-24-21(27)30-13-5-4-6-15-9-11-17(12-10-15)25(28)29/h1-3,7-12,14H,4-6,13H2,(H,23,26)(H,24,27). The van der Waals surface area contributed by atoms with Crippen molar-refractivity contribution < 1.29 is 19.2 Å². The third-order valence-corrected chi connectivity index (χ3v) is 5.17. The Kier molecular flexibility index (Phi) is 7.66. The summed E-state index contributed by atoms with van der Waals surface area (Å²) in [6.07, 6.45) is 1.32. The molecule has 0 aliphatic heterocycles. The van der Waals surface area contributed by atoms with Crippen molar-refractivity contribution >= 4 is 29.0 Å². The van der Waals surface area contributed by atoms with Gasteiger partial charge in [-0.15, -0.1) is 11.3 Å². The van der Waals surface area contributed by atoms with E-state index in [0.29, 0.717) is 17.8 Å². The van der Waals surface area contributed by atoms with E-state index in [9.17, 15) is 19.7 Å². The van der Waals surface area contributed by atoms with Crippen LogP contribution in [0.5, 0.6) is 0 Å². The van der Waals surface area contributed by atoms with Crippen molar-refractivity contribution in [2.45, 2.75) is 19.3 Å². The lowest BCUT2D eigenvalue weighted by molar-refractivity contribution is -0.384. The van der Waals surface area contributed by atoms with E-state index >= 15 is 0 Å². The number of carbonyl (C=O) groups is 2. The van der Waals surface area contributed by atoms with Gasteiger partial charge < -0.3 is 4.74 Å². The highest BCUT2D eigenvalue weighted by Crippen LogP contribution is 2.23. The number of aromatic nitrogens is 1. The summed E-state index contributed by atoms with van der Waals surface area (Å²) in [5.74, 6) is -0.534. The SMILES string of the molecule is O=C(NNC(=O)c1csc(-c2ccccc2)n1)OCCCCc1ccc([N+](=O)[O-])cc1. The summed E-state index contributed by atoms with van der Waals surface area (Å²) in [7, 11) is 0. The number of hydrogen-bond donors (Lipinski definition) is 2. The van der Waals surface area contributed by atoms with Crippen molar-refractivity contribution in [1.29, 1.82) is 0 Å². The minimum atomic E-state index is -0.762. The Labute approximate surface area is 182 Å². The fraction of sp³-hybridized carbons (Fsp3) is 0.190. The summed E-state index contributed by atoms with van der Waals surface area (Å²) in [6.45, 7) is 0.184. The fourth-order valence-corrected chi connectivity index (χ4v) is 3.49. The first-order valence-electron chi connectivity index (χ1n) is 9.50. The number of unbranched alkanes of at least 4 members (excludes halogenated alkanes) is 1. The molecule has 0 fully saturated rings.